The van der Waals surface area contributed by atoms with Crippen LogP contribution in [0.3, 0.4) is 0 Å². The highest BCUT2D eigenvalue weighted by Crippen LogP contribution is 2.25. The van der Waals surface area contributed by atoms with Crippen molar-refractivity contribution in [3.8, 4) is 5.75 Å². The lowest BCUT2D eigenvalue weighted by atomic mass is 10.1. The number of sulfonamides is 1. The van der Waals surface area contributed by atoms with Gasteiger partial charge < -0.3 is 9.72 Å². The van der Waals surface area contributed by atoms with E-state index in [1.165, 1.54) is 4.31 Å². The molecule has 0 unspecified atom stereocenters. The van der Waals surface area contributed by atoms with Gasteiger partial charge in [0.2, 0.25) is 10.0 Å². The number of Topliss-reactive ketones (excluding diaryl/α,β-unsaturated/α-hetero) is 1. The summed E-state index contributed by atoms with van der Waals surface area (Å²) in [7, 11) is -2.01. The van der Waals surface area contributed by atoms with Gasteiger partial charge in [-0.3, -0.25) is 9.69 Å². The van der Waals surface area contributed by atoms with Crippen molar-refractivity contribution in [1.29, 1.82) is 0 Å². The lowest BCUT2D eigenvalue weighted by Gasteiger charge is -2.33. The topological polar surface area (TPSA) is 82.7 Å². The van der Waals surface area contributed by atoms with Crippen LogP contribution in [-0.4, -0.2) is 68.2 Å². The lowest BCUT2D eigenvalue weighted by molar-refractivity contribution is 0.0901. The van der Waals surface area contributed by atoms with Gasteiger partial charge in [0.1, 0.15) is 5.75 Å². The van der Waals surface area contributed by atoms with Crippen LogP contribution >= 0.6 is 0 Å². The Labute approximate surface area is 166 Å². The van der Waals surface area contributed by atoms with Crippen LogP contribution in [0.5, 0.6) is 5.75 Å². The lowest BCUT2D eigenvalue weighted by Crippen LogP contribution is -2.49. The van der Waals surface area contributed by atoms with Crippen LogP contribution in [0.15, 0.2) is 29.2 Å². The molecular formula is C20H27N3O4S. The highest BCUT2D eigenvalue weighted by Gasteiger charge is 2.30. The van der Waals surface area contributed by atoms with E-state index in [4.69, 9.17) is 4.74 Å². The third kappa shape index (κ3) is 4.14. The van der Waals surface area contributed by atoms with Crippen molar-refractivity contribution in [2.45, 2.75) is 25.7 Å². The number of aryl methyl sites for hydroxylation is 3. The zero-order valence-electron chi connectivity index (χ0n) is 16.8. The van der Waals surface area contributed by atoms with Crippen molar-refractivity contribution in [3.05, 3.63) is 46.8 Å². The van der Waals surface area contributed by atoms with Crippen molar-refractivity contribution in [2.24, 2.45) is 0 Å². The van der Waals surface area contributed by atoms with Crippen LogP contribution in [0.1, 0.15) is 27.3 Å². The maximum Gasteiger partial charge on any atom is 0.243 e. The van der Waals surface area contributed by atoms with Gasteiger partial charge in [-0.15, -0.1) is 0 Å². The molecule has 0 spiro atoms. The van der Waals surface area contributed by atoms with E-state index in [2.05, 4.69) is 4.98 Å². The molecule has 3 rings (SSSR count). The number of ether oxygens (including phenoxy) is 1. The Hall–Kier alpha value is -2.16. The molecule has 1 saturated heterocycles. The summed E-state index contributed by atoms with van der Waals surface area (Å²) in [6.45, 7) is 7.68. The molecule has 0 atom stereocenters. The summed E-state index contributed by atoms with van der Waals surface area (Å²) in [5.41, 5.74) is 3.21. The van der Waals surface area contributed by atoms with Crippen LogP contribution < -0.4 is 4.74 Å². The number of methoxy groups -OCH3 is 1. The van der Waals surface area contributed by atoms with E-state index in [-0.39, 0.29) is 5.78 Å². The zero-order valence-corrected chi connectivity index (χ0v) is 17.6. The van der Waals surface area contributed by atoms with E-state index in [1.807, 2.05) is 24.8 Å². The minimum absolute atomic E-state index is 0.0594. The molecule has 1 N–H and O–H groups in total. The second-order valence-corrected chi connectivity index (χ2v) is 9.13. The summed E-state index contributed by atoms with van der Waals surface area (Å²) in [6, 6.07) is 6.85. The van der Waals surface area contributed by atoms with Gasteiger partial charge >= 0.3 is 0 Å². The number of rotatable bonds is 6. The van der Waals surface area contributed by atoms with Gasteiger partial charge in [-0.25, -0.2) is 8.42 Å². The Bertz CT molecular complexity index is 973. The smallest absolute Gasteiger partial charge is 0.243 e. The van der Waals surface area contributed by atoms with Crippen LogP contribution in [-0.2, 0) is 10.0 Å². The van der Waals surface area contributed by atoms with Crippen LogP contribution in [0.25, 0.3) is 0 Å². The fourth-order valence-electron chi connectivity index (χ4n) is 3.61. The molecule has 7 nitrogen and oxygen atoms in total. The molecule has 1 fully saturated rings. The largest absolute Gasteiger partial charge is 0.497 e. The van der Waals surface area contributed by atoms with E-state index in [9.17, 15) is 13.2 Å². The number of H-pyrrole nitrogens is 1. The molecule has 2 aromatic rings. The van der Waals surface area contributed by atoms with E-state index in [0.717, 1.165) is 11.4 Å². The number of piperazine rings is 1. The molecule has 28 heavy (non-hydrogen) atoms. The number of nitrogens with zero attached hydrogens (tertiary/aromatic N) is 2. The minimum atomic E-state index is -3.56. The first kappa shape index (κ1) is 20.6. The number of ketones is 1. The van der Waals surface area contributed by atoms with E-state index >= 15 is 0 Å². The number of aromatic nitrogens is 1. The number of carbonyl (C=O) groups is 1. The summed E-state index contributed by atoms with van der Waals surface area (Å²) in [5, 5.41) is 0. The number of aromatic amines is 1. The molecule has 1 aromatic carbocycles. The summed E-state index contributed by atoms with van der Waals surface area (Å²) >= 11 is 0. The Kier molecular flexibility index (Phi) is 5.92. The maximum absolute atomic E-state index is 13.0. The molecule has 2 heterocycles. The van der Waals surface area contributed by atoms with Crippen LogP contribution in [0.2, 0.25) is 0 Å². The van der Waals surface area contributed by atoms with Crippen molar-refractivity contribution >= 4 is 15.8 Å². The Morgan fingerprint density at radius 3 is 2.32 bits per heavy atom. The Balaban J connectivity index is 1.64. The third-order valence-electron chi connectivity index (χ3n) is 5.15. The number of hydrogen-bond donors (Lipinski definition) is 1. The molecule has 0 radical (unpaired) electrons. The standard InChI is InChI=1S/C20H27N3O4S/c1-14-11-17(27-4)5-6-20(14)28(25,26)23-9-7-22(8-10-23)13-19(24)18-12-15(2)21-16(18)3/h5-6,11-12,21H,7-10,13H2,1-4H3. The van der Waals surface area contributed by atoms with Gasteiger partial charge in [-0.2, -0.15) is 4.31 Å². The molecule has 1 aliphatic heterocycles. The Morgan fingerprint density at radius 1 is 1.11 bits per heavy atom. The maximum atomic E-state index is 13.0. The van der Waals surface area contributed by atoms with Gasteiger partial charge in [0.15, 0.2) is 5.78 Å². The molecular weight excluding hydrogens is 378 g/mol. The quantitative estimate of drug-likeness (QED) is 0.745. The molecule has 0 bridgehead atoms. The Morgan fingerprint density at radius 2 is 1.79 bits per heavy atom. The van der Waals surface area contributed by atoms with E-state index in [1.54, 1.807) is 32.2 Å². The summed E-state index contributed by atoms with van der Waals surface area (Å²) in [4.78, 5) is 18.0. The second kappa shape index (κ2) is 8.06. The SMILES string of the molecule is COc1ccc(S(=O)(=O)N2CCN(CC(=O)c3cc(C)[nH]c3C)CC2)c(C)c1. The summed E-state index contributed by atoms with van der Waals surface area (Å²) < 4.78 is 32.7. The van der Waals surface area contributed by atoms with Crippen molar-refractivity contribution in [2.75, 3.05) is 39.8 Å². The average molecular weight is 406 g/mol. The van der Waals surface area contributed by atoms with Crippen LogP contribution in [0, 0.1) is 20.8 Å². The molecule has 152 valence electrons. The average Bonchev–Trinajstić information content (AvgIpc) is 3.00. The first-order valence-electron chi connectivity index (χ1n) is 9.29. The van der Waals surface area contributed by atoms with Gasteiger partial charge in [0.05, 0.1) is 18.6 Å². The number of carbonyl (C=O) groups excluding carboxylic acids is 1. The first-order chi connectivity index (χ1) is 13.2. The predicted octanol–water partition coefficient (Wildman–Crippen LogP) is 2.14. The minimum Gasteiger partial charge on any atom is -0.497 e. The predicted molar refractivity (Wildman–Crippen MR) is 108 cm³/mol. The molecule has 1 aliphatic rings. The highest BCUT2D eigenvalue weighted by atomic mass is 32.2. The second-order valence-electron chi connectivity index (χ2n) is 7.23. The highest BCUT2D eigenvalue weighted by molar-refractivity contribution is 7.89. The monoisotopic (exact) mass is 405 g/mol. The molecule has 0 amide bonds. The number of benzene rings is 1. The summed E-state index contributed by atoms with van der Waals surface area (Å²) in [5.74, 6) is 0.694. The van der Waals surface area contributed by atoms with Gasteiger partial charge in [0, 0.05) is 43.1 Å². The number of hydrogen-bond acceptors (Lipinski definition) is 5. The van der Waals surface area contributed by atoms with E-state index in [0.29, 0.717) is 54.5 Å². The third-order valence-corrected chi connectivity index (χ3v) is 7.21. The van der Waals surface area contributed by atoms with E-state index < -0.39 is 10.0 Å². The van der Waals surface area contributed by atoms with Crippen molar-refractivity contribution in [1.82, 2.24) is 14.2 Å². The van der Waals surface area contributed by atoms with Gasteiger partial charge in [-0.1, -0.05) is 0 Å². The zero-order chi connectivity index (χ0) is 20.5. The molecule has 0 aliphatic carbocycles. The molecule has 0 saturated carbocycles. The molecule has 1 aromatic heterocycles. The summed E-state index contributed by atoms with van der Waals surface area (Å²) in [6.07, 6.45) is 0. The first-order valence-corrected chi connectivity index (χ1v) is 10.7. The fourth-order valence-corrected chi connectivity index (χ4v) is 5.24. The molecule has 8 heteroatoms. The van der Waals surface area contributed by atoms with Crippen LogP contribution in [0.4, 0.5) is 0 Å². The van der Waals surface area contributed by atoms with Gasteiger partial charge in [-0.05, 0) is 50.6 Å². The number of nitrogens with one attached hydrogen (secondary N) is 1. The van der Waals surface area contributed by atoms with Crippen molar-refractivity contribution < 1.29 is 17.9 Å². The normalized spacial score (nSPS) is 16.3. The van der Waals surface area contributed by atoms with Crippen molar-refractivity contribution in [3.63, 3.8) is 0 Å². The fraction of sp³-hybridized carbons (Fsp3) is 0.450. The van der Waals surface area contributed by atoms with Gasteiger partial charge in [0.25, 0.3) is 0 Å².